The van der Waals surface area contributed by atoms with Crippen LogP contribution in [-0.2, 0) is 13.1 Å². The van der Waals surface area contributed by atoms with Gasteiger partial charge in [0, 0.05) is 29.7 Å². The van der Waals surface area contributed by atoms with Crippen molar-refractivity contribution in [2.24, 2.45) is 0 Å². The Morgan fingerprint density at radius 3 is 2.70 bits per heavy atom. The summed E-state index contributed by atoms with van der Waals surface area (Å²) < 4.78 is 13.1. The Hall–Kier alpha value is -1.98. The van der Waals surface area contributed by atoms with E-state index in [0.717, 1.165) is 11.6 Å². The molecule has 0 radical (unpaired) electrons. The highest BCUT2D eigenvalue weighted by Gasteiger charge is 2.13. The highest BCUT2D eigenvalue weighted by molar-refractivity contribution is 6.30. The van der Waals surface area contributed by atoms with Crippen LogP contribution in [0, 0.1) is 15.9 Å². The van der Waals surface area contributed by atoms with Crippen molar-refractivity contribution in [3.8, 4) is 0 Å². The Kier molecular flexibility index (Phi) is 4.65. The van der Waals surface area contributed by atoms with Crippen molar-refractivity contribution in [3.63, 3.8) is 0 Å². The summed E-state index contributed by atoms with van der Waals surface area (Å²) in [6.07, 6.45) is 0. The topological polar surface area (TPSA) is 55.2 Å². The minimum atomic E-state index is -0.518. The highest BCUT2D eigenvalue weighted by atomic mass is 35.5. The lowest BCUT2D eigenvalue weighted by Crippen LogP contribution is -2.14. The first-order valence-electron chi connectivity index (χ1n) is 5.94. The molecule has 2 aromatic rings. The zero-order valence-corrected chi connectivity index (χ0v) is 11.2. The molecule has 0 amide bonds. The minimum absolute atomic E-state index is 0.0926. The van der Waals surface area contributed by atoms with Gasteiger partial charge in [0.2, 0.25) is 0 Å². The molecule has 4 nitrogen and oxygen atoms in total. The lowest BCUT2D eigenvalue weighted by atomic mass is 10.1. The SMILES string of the molecule is O=[N+]([O-])c1ccc(F)cc1CNCc1cccc(Cl)c1. The van der Waals surface area contributed by atoms with Crippen molar-refractivity contribution in [2.45, 2.75) is 13.1 Å². The van der Waals surface area contributed by atoms with E-state index in [2.05, 4.69) is 5.32 Å². The van der Waals surface area contributed by atoms with E-state index in [-0.39, 0.29) is 12.2 Å². The molecule has 6 heteroatoms. The fourth-order valence-corrected chi connectivity index (χ4v) is 2.08. The molecule has 0 heterocycles. The fraction of sp³-hybridized carbons (Fsp3) is 0.143. The standard InChI is InChI=1S/C14H12ClFN2O2/c15-12-3-1-2-10(6-12)8-17-9-11-7-13(16)4-5-14(11)18(19)20/h1-7,17H,8-9H2. The molecule has 0 spiro atoms. The van der Waals surface area contributed by atoms with Gasteiger partial charge in [-0.3, -0.25) is 10.1 Å². The predicted octanol–water partition coefficient (Wildman–Crippen LogP) is 3.68. The molecule has 0 saturated heterocycles. The van der Waals surface area contributed by atoms with Crippen LogP contribution >= 0.6 is 11.6 Å². The number of halogens is 2. The van der Waals surface area contributed by atoms with Crippen molar-refractivity contribution >= 4 is 17.3 Å². The summed E-state index contributed by atoms with van der Waals surface area (Å²) in [5, 5.41) is 14.5. The molecule has 0 aromatic heterocycles. The summed E-state index contributed by atoms with van der Waals surface area (Å²) in [5.74, 6) is -0.491. The first-order chi connectivity index (χ1) is 9.56. The Bertz CT molecular complexity index is 634. The molecule has 20 heavy (non-hydrogen) atoms. The second kappa shape index (κ2) is 6.45. The zero-order chi connectivity index (χ0) is 14.5. The van der Waals surface area contributed by atoms with Gasteiger partial charge in [-0.25, -0.2) is 4.39 Å². The second-order valence-corrected chi connectivity index (χ2v) is 4.70. The number of rotatable bonds is 5. The average Bonchev–Trinajstić information content (AvgIpc) is 2.38. The number of hydrogen-bond donors (Lipinski definition) is 1. The Labute approximate surface area is 120 Å². The Morgan fingerprint density at radius 2 is 2.00 bits per heavy atom. The summed E-state index contributed by atoms with van der Waals surface area (Å²) >= 11 is 5.86. The number of nitrogens with zero attached hydrogens (tertiary/aromatic N) is 1. The molecule has 0 fully saturated rings. The molecular weight excluding hydrogens is 283 g/mol. The fourth-order valence-electron chi connectivity index (χ4n) is 1.86. The Balaban J connectivity index is 2.04. The minimum Gasteiger partial charge on any atom is -0.308 e. The summed E-state index contributed by atoms with van der Waals surface area (Å²) in [7, 11) is 0. The van der Waals surface area contributed by atoms with Crippen LogP contribution in [-0.4, -0.2) is 4.92 Å². The molecule has 2 aromatic carbocycles. The van der Waals surface area contributed by atoms with E-state index < -0.39 is 10.7 Å². The van der Waals surface area contributed by atoms with Crippen molar-refractivity contribution < 1.29 is 9.31 Å². The van der Waals surface area contributed by atoms with Crippen molar-refractivity contribution in [1.29, 1.82) is 0 Å². The van der Waals surface area contributed by atoms with Gasteiger partial charge in [-0.05, 0) is 29.8 Å². The third kappa shape index (κ3) is 3.76. The van der Waals surface area contributed by atoms with Gasteiger partial charge < -0.3 is 5.32 Å². The number of benzene rings is 2. The van der Waals surface area contributed by atoms with Crippen molar-refractivity contribution in [1.82, 2.24) is 5.32 Å². The van der Waals surface area contributed by atoms with Crippen LogP contribution in [0.3, 0.4) is 0 Å². The summed E-state index contributed by atoms with van der Waals surface area (Å²) in [5.41, 5.74) is 1.18. The van der Waals surface area contributed by atoms with Crippen LogP contribution in [0.5, 0.6) is 0 Å². The molecule has 0 aliphatic rings. The molecule has 0 aliphatic heterocycles. The maximum Gasteiger partial charge on any atom is 0.274 e. The predicted molar refractivity (Wildman–Crippen MR) is 75.1 cm³/mol. The first-order valence-corrected chi connectivity index (χ1v) is 6.32. The molecule has 104 valence electrons. The zero-order valence-electron chi connectivity index (χ0n) is 10.5. The molecule has 0 saturated carbocycles. The summed E-state index contributed by atoms with van der Waals surface area (Å²) in [6.45, 7) is 0.703. The number of nitrogens with one attached hydrogen (secondary N) is 1. The lowest BCUT2D eigenvalue weighted by molar-refractivity contribution is -0.385. The highest BCUT2D eigenvalue weighted by Crippen LogP contribution is 2.19. The van der Waals surface area contributed by atoms with E-state index in [1.54, 1.807) is 12.1 Å². The lowest BCUT2D eigenvalue weighted by Gasteiger charge is -2.06. The van der Waals surface area contributed by atoms with Crippen LogP contribution < -0.4 is 5.32 Å². The van der Waals surface area contributed by atoms with Crippen LogP contribution in [0.25, 0.3) is 0 Å². The van der Waals surface area contributed by atoms with Gasteiger partial charge in [0.1, 0.15) is 5.82 Å². The van der Waals surface area contributed by atoms with Crippen molar-refractivity contribution in [2.75, 3.05) is 0 Å². The van der Waals surface area contributed by atoms with E-state index in [1.165, 1.54) is 12.1 Å². The van der Waals surface area contributed by atoms with E-state index in [1.807, 2.05) is 12.1 Å². The molecule has 0 atom stereocenters. The molecular formula is C14H12ClFN2O2. The van der Waals surface area contributed by atoms with Crippen LogP contribution in [0.15, 0.2) is 42.5 Å². The summed E-state index contributed by atoms with van der Waals surface area (Å²) in [4.78, 5) is 10.3. The van der Waals surface area contributed by atoms with Crippen LogP contribution in [0.2, 0.25) is 5.02 Å². The molecule has 0 aliphatic carbocycles. The largest absolute Gasteiger partial charge is 0.308 e. The second-order valence-electron chi connectivity index (χ2n) is 4.26. The molecule has 2 rings (SSSR count). The number of nitro benzene ring substituents is 1. The molecule has 1 N–H and O–H groups in total. The maximum absolute atomic E-state index is 13.1. The van der Waals surface area contributed by atoms with Gasteiger partial charge in [0.15, 0.2) is 0 Å². The van der Waals surface area contributed by atoms with Crippen molar-refractivity contribution in [3.05, 3.63) is 74.5 Å². The average molecular weight is 295 g/mol. The molecule has 0 unspecified atom stereocenters. The van der Waals surface area contributed by atoms with E-state index >= 15 is 0 Å². The summed E-state index contributed by atoms with van der Waals surface area (Å²) in [6, 6.07) is 10.7. The quantitative estimate of drug-likeness (QED) is 0.676. The van der Waals surface area contributed by atoms with Gasteiger partial charge in [-0.2, -0.15) is 0 Å². The van der Waals surface area contributed by atoms with Crippen LogP contribution in [0.1, 0.15) is 11.1 Å². The third-order valence-electron chi connectivity index (χ3n) is 2.77. The van der Waals surface area contributed by atoms with E-state index in [9.17, 15) is 14.5 Å². The number of hydrogen-bond acceptors (Lipinski definition) is 3. The first kappa shape index (κ1) is 14.4. The monoisotopic (exact) mass is 294 g/mol. The van der Waals surface area contributed by atoms with E-state index in [4.69, 9.17) is 11.6 Å². The normalized spacial score (nSPS) is 10.5. The third-order valence-corrected chi connectivity index (χ3v) is 3.01. The van der Waals surface area contributed by atoms with Gasteiger partial charge >= 0.3 is 0 Å². The van der Waals surface area contributed by atoms with E-state index in [0.29, 0.717) is 17.1 Å². The van der Waals surface area contributed by atoms with Crippen LogP contribution in [0.4, 0.5) is 10.1 Å². The van der Waals surface area contributed by atoms with Gasteiger partial charge in [0.05, 0.1) is 4.92 Å². The number of nitro groups is 1. The molecule has 0 bridgehead atoms. The maximum atomic E-state index is 13.1. The Morgan fingerprint density at radius 1 is 1.20 bits per heavy atom. The van der Waals surface area contributed by atoms with Gasteiger partial charge in [-0.15, -0.1) is 0 Å². The van der Waals surface area contributed by atoms with Gasteiger partial charge in [0.25, 0.3) is 5.69 Å². The smallest absolute Gasteiger partial charge is 0.274 e. The van der Waals surface area contributed by atoms with Gasteiger partial charge in [-0.1, -0.05) is 23.7 Å².